The summed E-state index contributed by atoms with van der Waals surface area (Å²) >= 11 is 6.32. The lowest BCUT2D eigenvalue weighted by Gasteiger charge is -2.41. The summed E-state index contributed by atoms with van der Waals surface area (Å²) in [6.07, 6.45) is 6.20. The van der Waals surface area contributed by atoms with Gasteiger partial charge in [0.2, 0.25) is 0 Å². The molecular formula is C18H26ClNO. The maximum absolute atomic E-state index is 6.32. The van der Waals surface area contributed by atoms with Crippen molar-refractivity contribution in [1.82, 2.24) is 5.32 Å². The zero-order valence-corrected chi connectivity index (χ0v) is 13.7. The topological polar surface area (TPSA) is 21.3 Å². The van der Waals surface area contributed by atoms with E-state index in [4.69, 9.17) is 16.3 Å². The van der Waals surface area contributed by atoms with Crippen molar-refractivity contribution in [2.75, 3.05) is 19.0 Å². The van der Waals surface area contributed by atoms with E-state index in [0.717, 1.165) is 25.5 Å². The van der Waals surface area contributed by atoms with Gasteiger partial charge in [-0.1, -0.05) is 44.0 Å². The Balaban J connectivity index is 1.67. The zero-order valence-electron chi connectivity index (χ0n) is 12.9. The zero-order chi connectivity index (χ0) is 14.7. The highest BCUT2D eigenvalue weighted by Gasteiger charge is 2.35. The van der Waals surface area contributed by atoms with Gasteiger partial charge in [0, 0.05) is 18.0 Å². The number of rotatable bonds is 4. The van der Waals surface area contributed by atoms with Crippen LogP contribution in [0.3, 0.4) is 0 Å². The van der Waals surface area contributed by atoms with Gasteiger partial charge in [-0.15, -0.1) is 11.6 Å². The lowest BCUT2D eigenvalue weighted by Crippen LogP contribution is -2.51. The van der Waals surface area contributed by atoms with Crippen LogP contribution in [0, 0.1) is 5.92 Å². The van der Waals surface area contributed by atoms with E-state index in [9.17, 15) is 0 Å². The normalized spacial score (nSPS) is 32.7. The second-order valence-electron chi connectivity index (χ2n) is 6.80. The maximum Gasteiger partial charge on any atom is 0.0952 e. The third kappa shape index (κ3) is 3.44. The first-order valence-corrected chi connectivity index (χ1v) is 8.76. The van der Waals surface area contributed by atoms with Gasteiger partial charge < -0.3 is 10.1 Å². The summed E-state index contributed by atoms with van der Waals surface area (Å²) in [5, 5.41) is 3.77. The van der Waals surface area contributed by atoms with E-state index >= 15 is 0 Å². The Labute approximate surface area is 133 Å². The van der Waals surface area contributed by atoms with E-state index in [1.54, 1.807) is 0 Å². The van der Waals surface area contributed by atoms with Crippen LogP contribution in [0.5, 0.6) is 0 Å². The second kappa shape index (κ2) is 6.68. The lowest BCUT2D eigenvalue weighted by molar-refractivity contribution is 0.0337. The molecule has 2 aliphatic rings. The molecule has 3 atom stereocenters. The highest BCUT2D eigenvalue weighted by Crippen LogP contribution is 2.34. The molecule has 3 rings (SSSR count). The number of nitrogens with one attached hydrogen (secondary N) is 1. The third-order valence-electron chi connectivity index (χ3n) is 5.10. The largest absolute Gasteiger partial charge is 0.372 e. The second-order valence-corrected chi connectivity index (χ2v) is 7.07. The molecule has 0 saturated heterocycles. The van der Waals surface area contributed by atoms with Gasteiger partial charge in [-0.25, -0.2) is 0 Å². The molecule has 2 nitrogen and oxygen atoms in total. The maximum atomic E-state index is 6.32. The predicted octanol–water partition coefficient (Wildman–Crippen LogP) is 4.08. The van der Waals surface area contributed by atoms with Crippen molar-refractivity contribution < 1.29 is 4.74 Å². The highest BCUT2D eigenvalue weighted by atomic mass is 35.5. The fourth-order valence-electron chi connectivity index (χ4n) is 3.94. The number of halogens is 1. The highest BCUT2D eigenvalue weighted by molar-refractivity contribution is 6.18. The van der Waals surface area contributed by atoms with Gasteiger partial charge >= 0.3 is 0 Å². The summed E-state index contributed by atoms with van der Waals surface area (Å²) in [5.74, 6) is 1.47. The summed E-state index contributed by atoms with van der Waals surface area (Å²) in [6.45, 7) is 4.04. The van der Waals surface area contributed by atoms with Gasteiger partial charge in [0.15, 0.2) is 0 Å². The van der Waals surface area contributed by atoms with Crippen molar-refractivity contribution in [2.24, 2.45) is 5.92 Å². The molecule has 0 spiro atoms. The minimum absolute atomic E-state index is 0.106. The molecule has 1 aromatic carbocycles. The van der Waals surface area contributed by atoms with Gasteiger partial charge in [-0.05, 0) is 36.3 Å². The smallest absolute Gasteiger partial charge is 0.0952 e. The van der Waals surface area contributed by atoms with E-state index in [-0.39, 0.29) is 11.6 Å². The first kappa shape index (κ1) is 15.3. The molecular weight excluding hydrogens is 282 g/mol. The van der Waals surface area contributed by atoms with E-state index in [1.807, 2.05) is 0 Å². The van der Waals surface area contributed by atoms with Crippen LogP contribution in [-0.2, 0) is 11.2 Å². The van der Waals surface area contributed by atoms with Crippen LogP contribution >= 0.6 is 11.6 Å². The minimum atomic E-state index is 0.106. The molecule has 1 aliphatic heterocycles. The number of hydrogen-bond acceptors (Lipinski definition) is 2. The summed E-state index contributed by atoms with van der Waals surface area (Å²) in [7, 11) is 0. The van der Waals surface area contributed by atoms with Gasteiger partial charge in [-0.3, -0.25) is 0 Å². The van der Waals surface area contributed by atoms with Gasteiger partial charge in [0.05, 0.1) is 12.7 Å². The van der Waals surface area contributed by atoms with Crippen molar-refractivity contribution in [3.63, 3.8) is 0 Å². The minimum Gasteiger partial charge on any atom is -0.372 e. The molecule has 1 N–H and O–H groups in total. The van der Waals surface area contributed by atoms with Gasteiger partial charge in [-0.2, -0.15) is 0 Å². The number of hydrogen-bond donors (Lipinski definition) is 1. The quantitative estimate of drug-likeness (QED) is 0.846. The van der Waals surface area contributed by atoms with E-state index in [2.05, 4.69) is 36.5 Å². The molecule has 0 amide bonds. The van der Waals surface area contributed by atoms with Crippen molar-refractivity contribution in [2.45, 2.75) is 50.7 Å². The first-order valence-electron chi connectivity index (χ1n) is 8.23. The van der Waals surface area contributed by atoms with Crippen LogP contribution in [0.15, 0.2) is 24.3 Å². The lowest BCUT2D eigenvalue weighted by atomic mass is 9.77. The molecule has 1 fully saturated rings. The van der Waals surface area contributed by atoms with Gasteiger partial charge in [0.1, 0.15) is 0 Å². The van der Waals surface area contributed by atoms with Crippen LogP contribution in [0.1, 0.15) is 49.8 Å². The molecule has 3 heteroatoms. The fraction of sp³-hybridized carbons (Fsp3) is 0.667. The molecule has 1 aliphatic carbocycles. The third-order valence-corrected chi connectivity index (χ3v) is 5.61. The summed E-state index contributed by atoms with van der Waals surface area (Å²) in [6, 6.07) is 8.67. The summed E-state index contributed by atoms with van der Waals surface area (Å²) < 4.78 is 6.01. The molecule has 1 heterocycles. The van der Waals surface area contributed by atoms with Crippen molar-refractivity contribution in [3.05, 3.63) is 35.4 Å². The molecule has 0 aromatic heterocycles. The Morgan fingerprint density at radius 3 is 3.05 bits per heavy atom. The van der Waals surface area contributed by atoms with Gasteiger partial charge in [0.25, 0.3) is 0 Å². The van der Waals surface area contributed by atoms with Crippen LogP contribution in [0.4, 0.5) is 0 Å². The van der Waals surface area contributed by atoms with Crippen LogP contribution < -0.4 is 5.32 Å². The fourth-order valence-corrected chi connectivity index (χ4v) is 4.28. The van der Waals surface area contributed by atoms with Crippen LogP contribution in [0.2, 0.25) is 0 Å². The average Bonchev–Trinajstić information content (AvgIpc) is 2.53. The van der Waals surface area contributed by atoms with E-state index in [0.29, 0.717) is 5.88 Å². The predicted molar refractivity (Wildman–Crippen MR) is 87.9 cm³/mol. The molecule has 116 valence electrons. The Bertz CT molecular complexity index is 478. The number of ether oxygens (including phenoxy) is 1. The number of fused-ring (bicyclic) bond motifs is 1. The Hall–Kier alpha value is -0.570. The number of alkyl halides is 1. The molecule has 1 aromatic rings. The van der Waals surface area contributed by atoms with E-state index in [1.165, 1.54) is 36.8 Å². The molecule has 0 bridgehead atoms. The average molecular weight is 308 g/mol. The Kier molecular flexibility index (Phi) is 4.88. The molecule has 0 radical (unpaired) electrons. The summed E-state index contributed by atoms with van der Waals surface area (Å²) in [5.41, 5.74) is 2.90. The van der Waals surface area contributed by atoms with E-state index < -0.39 is 0 Å². The van der Waals surface area contributed by atoms with Crippen LogP contribution in [-0.4, -0.2) is 24.6 Å². The SMILES string of the molecule is CC1CCCC(CCl)(NCC2OCCc3ccccc32)C1. The Morgan fingerprint density at radius 2 is 2.24 bits per heavy atom. The molecule has 1 saturated carbocycles. The molecule has 3 unspecified atom stereocenters. The standard InChI is InChI=1S/C18H26ClNO/c1-14-5-4-9-18(11-14,13-19)20-12-17-16-7-3-2-6-15(16)8-10-21-17/h2-3,6-7,14,17,20H,4-5,8-13H2,1H3. The van der Waals surface area contributed by atoms with Crippen molar-refractivity contribution in [1.29, 1.82) is 0 Å². The molecule has 21 heavy (non-hydrogen) atoms. The van der Waals surface area contributed by atoms with Crippen molar-refractivity contribution >= 4 is 11.6 Å². The van der Waals surface area contributed by atoms with Crippen LogP contribution in [0.25, 0.3) is 0 Å². The number of benzene rings is 1. The first-order chi connectivity index (χ1) is 10.2. The van der Waals surface area contributed by atoms with Crippen molar-refractivity contribution in [3.8, 4) is 0 Å². The summed E-state index contributed by atoms with van der Waals surface area (Å²) in [4.78, 5) is 0. The monoisotopic (exact) mass is 307 g/mol. The Morgan fingerprint density at radius 1 is 1.38 bits per heavy atom.